The Kier molecular flexibility index (Phi) is 4.62. The van der Waals surface area contributed by atoms with Crippen molar-refractivity contribution in [3.05, 3.63) is 68.7 Å². The summed E-state index contributed by atoms with van der Waals surface area (Å²) in [6.45, 7) is 0. The van der Waals surface area contributed by atoms with Gasteiger partial charge in [0.15, 0.2) is 0 Å². The number of benzene rings is 2. The molecule has 0 aliphatic rings. The van der Waals surface area contributed by atoms with Gasteiger partial charge in [-0.25, -0.2) is 4.98 Å². The van der Waals surface area contributed by atoms with E-state index in [4.69, 9.17) is 23.2 Å². The molecular weight excluding hydrogens is 395 g/mol. The molecule has 0 unspecified atom stereocenters. The number of fused-ring (bicyclic) bond motifs is 1. The van der Waals surface area contributed by atoms with Gasteiger partial charge in [0.25, 0.3) is 5.56 Å². The van der Waals surface area contributed by atoms with Crippen molar-refractivity contribution in [3.8, 4) is 5.69 Å². The van der Waals surface area contributed by atoms with E-state index in [0.29, 0.717) is 37.7 Å². The first-order valence-corrected chi connectivity index (χ1v) is 9.20. The van der Waals surface area contributed by atoms with Crippen molar-refractivity contribution in [1.29, 1.82) is 0 Å². The molecule has 1 N–H and O–H groups in total. The van der Waals surface area contributed by atoms with Gasteiger partial charge in [0.2, 0.25) is 5.16 Å². The van der Waals surface area contributed by atoms with Crippen LogP contribution in [0.5, 0.6) is 0 Å². The molecule has 10 heteroatoms. The van der Waals surface area contributed by atoms with E-state index in [0.717, 1.165) is 5.69 Å². The number of tetrazole rings is 1. The van der Waals surface area contributed by atoms with Gasteiger partial charge in [-0.15, -0.1) is 5.10 Å². The molecule has 2 aromatic heterocycles. The van der Waals surface area contributed by atoms with E-state index in [1.165, 1.54) is 11.8 Å². The highest BCUT2D eigenvalue weighted by atomic mass is 35.5. The third-order valence-electron chi connectivity index (χ3n) is 3.55. The highest BCUT2D eigenvalue weighted by molar-refractivity contribution is 7.98. The van der Waals surface area contributed by atoms with Crippen molar-refractivity contribution in [1.82, 2.24) is 30.2 Å². The average molecular weight is 405 g/mol. The molecule has 2 aromatic carbocycles. The second-order valence-electron chi connectivity index (χ2n) is 5.32. The zero-order chi connectivity index (χ0) is 18.1. The Morgan fingerprint density at radius 2 is 1.96 bits per heavy atom. The van der Waals surface area contributed by atoms with E-state index in [1.54, 1.807) is 35.0 Å². The zero-order valence-electron chi connectivity index (χ0n) is 13.1. The molecule has 0 amide bonds. The van der Waals surface area contributed by atoms with Crippen molar-refractivity contribution in [2.75, 3.05) is 0 Å². The van der Waals surface area contributed by atoms with Gasteiger partial charge in [-0.1, -0.05) is 41.0 Å². The zero-order valence-corrected chi connectivity index (χ0v) is 15.4. The normalized spacial score (nSPS) is 11.2. The molecule has 0 atom stereocenters. The number of nitrogens with one attached hydrogen (secondary N) is 1. The van der Waals surface area contributed by atoms with Crippen molar-refractivity contribution >= 4 is 45.9 Å². The number of aromatic amines is 1. The Morgan fingerprint density at radius 3 is 2.81 bits per heavy atom. The summed E-state index contributed by atoms with van der Waals surface area (Å²) >= 11 is 13.3. The van der Waals surface area contributed by atoms with Crippen LogP contribution in [0.4, 0.5) is 0 Å². The predicted molar refractivity (Wildman–Crippen MR) is 101 cm³/mol. The number of nitrogens with zero attached hydrogens (tertiary/aromatic N) is 5. The van der Waals surface area contributed by atoms with Crippen LogP contribution in [0, 0.1) is 0 Å². The first kappa shape index (κ1) is 17.0. The molecule has 0 aliphatic heterocycles. The number of hydrogen-bond donors (Lipinski definition) is 1. The molecule has 0 saturated heterocycles. The molecule has 0 radical (unpaired) electrons. The lowest BCUT2D eigenvalue weighted by molar-refractivity contribution is 0.756. The minimum absolute atomic E-state index is 0.234. The summed E-state index contributed by atoms with van der Waals surface area (Å²) in [5.74, 6) is 0.921. The van der Waals surface area contributed by atoms with Gasteiger partial charge in [0.1, 0.15) is 5.82 Å². The van der Waals surface area contributed by atoms with Crippen molar-refractivity contribution < 1.29 is 0 Å². The van der Waals surface area contributed by atoms with Crippen molar-refractivity contribution in [2.24, 2.45) is 0 Å². The fourth-order valence-electron chi connectivity index (χ4n) is 2.40. The molecule has 0 aliphatic carbocycles. The molecular formula is C16H10Cl2N6OS. The summed E-state index contributed by atoms with van der Waals surface area (Å²) in [5.41, 5.74) is 1.10. The quantitative estimate of drug-likeness (QED) is 0.523. The van der Waals surface area contributed by atoms with Crippen molar-refractivity contribution in [2.45, 2.75) is 10.9 Å². The first-order chi connectivity index (χ1) is 12.6. The van der Waals surface area contributed by atoms with Crippen LogP contribution in [0.25, 0.3) is 16.6 Å². The molecule has 0 fully saturated rings. The predicted octanol–water partition coefficient (Wildman–Crippen LogP) is 3.50. The summed E-state index contributed by atoms with van der Waals surface area (Å²) < 4.78 is 1.58. The third kappa shape index (κ3) is 3.44. The maximum absolute atomic E-state index is 12.2. The summed E-state index contributed by atoms with van der Waals surface area (Å²) in [5, 5.41) is 13.8. The van der Waals surface area contributed by atoms with Gasteiger partial charge in [0.05, 0.1) is 22.3 Å². The van der Waals surface area contributed by atoms with Gasteiger partial charge < -0.3 is 4.98 Å². The fraction of sp³-hybridized carbons (Fsp3) is 0.0625. The summed E-state index contributed by atoms with van der Waals surface area (Å²) in [6, 6.07) is 12.2. The average Bonchev–Trinajstić information content (AvgIpc) is 3.09. The Labute approximate surface area is 161 Å². The minimum atomic E-state index is -0.234. The highest BCUT2D eigenvalue weighted by Gasteiger charge is 2.11. The molecule has 0 spiro atoms. The van der Waals surface area contributed by atoms with E-state index < -0.39 is 0 Å². The van der Waals surface area contributed by atoms with Crippen LogP contribution in [-0.4, -0.2) is 30.2 Å². The molecule has 4 aromatic rings. The van der Waals surface area contributed by atoms with Crippen LogP contribution in [0.3, 0.4) is 0 Å². The molecule has 0 bridgehead atoms. The molecule has 4 rings (SSSR count). The number of H-pyrrole nitrogens is 1. The Balaban J connectivity index is 1.61. The van der Waals surface area contributed by atoms with Crippen LogP contribution in [0.2, 0.25) is 10.0 Å². The van der Waals surface area contributed by atoms with E-state index in [1.807, 2.05) is 12.1 Å². The van der Waals surface area contributed by atoms with Gasteiger partial charge in [0, 0.05) is 10.0 Å². The largest absolute Gasteiger partial charge is 0.309 e. The highest BCUT2D eigenvalue weighted by Crippen LogP contribution is 2.23. The maximum atomic E-state index is 12.2. The maximum Gasteiger partial charge on any atom is 0.258 e. The molecule has 2 heterocycles. The number of thioether (sulfide) groups is 1. The molecule has 0 saturated carbocycles. The fourth-order valence-corrected chi connectivity index (χ4v) is 3.52. The number of rotatable bonds is 4. The standard InChI is InChI=1S/C16H10Cl2N6OS/c17-9-2-1-3-11(6-9)24-16(21-22-23-24)26-8-14-19-13-5-4-10(18)7-12(13)15(25)20-14/h1-7H,8H2,(H,19,20,25). The third-order valence-corrected chi connectivity index (χ3v) is 4.95. The summed E-state index contributed by atoms with van der Waals surface area (Å²) in [4.78, 5) is 19.4. The number of aromatic nitrogens is 6. The number of hydrogen-bond acceptors (Lipinski definition) is 6. The van der Waals surface area contributed by atoms with Crippen LogP contribution in [0.1, 0.15) is 5.82 Å². The molecule has 26 heavy (non-hydrogen) atoms. The van der Waals surface area contributed by atoms with E-state index in [2.05, 4.69) is 25.5 Å². The topological polar surface area (TPSA) is 89.4 Å². The Bertz CT molecular complexity index is 1160. The van der Waals surface area contributed by atoms with Crippen LogP contribution < -0.4 is 5.56 Å². The summed E-state index contributed by atoms with van der Waals surface area (Å²) in [6.07, 6.45) is 0. The lowest BCUT2D eigenvalue weighted by Crippen LogP contribution is -2.11. The lowest BCUT2D eigenvalue weighted by atomic mass is 10.2. The van der Waals surface area contributed by atoms with E-state index in [9.17, 15) is 4.79 Å². The van der Waals surface area contributed by atoms with Gasteiger partial charge >= 0.3 is 0 Å². The molecule has 7 nitrogen and oxygen atoms in total. The van der Waals surface area contributed by atoms with E-state index in [-0.39, 0.29) is 5.56 Å². The minimum Gasteiger partial charge on any atom is -0.309 e. The van der Waals surface area contributed by atoms with Gasteiger partial charge in [-0.05, 0) is 46.8 Å². The van der Waals surface area contributed by atoms with Crippen LogP contribution >= 0.6 is 35.0 Å². The van der Waals surface area contributed by atoms with Gasteiger partial charge in [-0.3, -0.25) is 4.79 Å². The van der Waals surface area contributed by atoms with E-state index >= 15 is 0 Å². The monoisotopic (exact) mass is 404 g/mol. The number of halogens is 2. The Hall–Kier alpha value is -2.42. The first-order valence-electron chi connectivity index (χ1n) is 7.46. The summed E-state index contributed by atoms with van der Waals surface area (Å²) in [7, 11) is 0. The van der Waals surface area contributed by atoms with Crippen molar-refractivity contribution in [3.63, 3.8) is 0 Å². The lowest BCUT2D eigenvalue weighted by Gasteiger charge is -2.05. The van der Waals surface area contributed by atoms with Crippen LogP contribution in [0.15, 0.2) is 52.4 Å². The smallest absolute Gasteiger partial charge is 0.258 e. The van der Waals surface area contributed by atoms with Gasteiger partial charge in [-0.2, -0.15) is 4.68 Å². The Morgan fingerprint density at radius 1 is 1.12 bits per heavy atom. The SMILES string of the molecule is O=c1[nH]c(CSc2nnnn2-c2cccc(Cl)c2)nc2ccc(Cl)cc12. The second-order valence-corrected chi connectivity index (χ2v) is 7.13. The second kappa shape index (κ2) is 7.06. The van der Waals surface area contributed by atoms with Crippen LogP contribution in [-0.2, 0) is 5.75 Å². The molecule has 130 valence electrons.